The lowest BCUT2D eigenvalue weighted by Crippen LogP contribution is -2.18. The van der Waals surface area contributed by atoms with E-state index in [0.717, 1.165) is 29.0 Å². The molecular formula is C21H26N6. The maximum atomic E-state index is 6.24. The SMILES string of the molecule is CCN(C)c1ncccc1-c1cc(C2CCCCC2)c2c(N)ncnc2n1. The Labute approximate surface area is 159 Å². The molecule has 1 fully saturated rings. The summed E-state index contributed by atoms with van der Waals surface area (Å²) in [5, 5.41) is 0.919. The number of pyridine rings is 2. The number of anilines is 2. The van der Waals surface area contributed by atoms with Gasteiger partial charge in [0.1, 0.15) is 18.0 Å². The van der Waals surface area contributed by atoms with Gasteiger partial charge in [0.15, 0.2) is 5.65 Å². The van der Waals surface area contributed by atoms with Crippen LogP contribution in [0.5, 0.6) is 0 Å². The Balaban J connectivity index is 1.93. The predicted octanol–water partition coefficient (Wildman–Crippen LogP) is 4.17. The first-order chi connectivity index (χ1) is 13.2. The molecule has 140 valence electrons. The fourth-order valence-electron chi connectivity index (χ4n) is 4.04. The molecular weight excluding hydrogens is 336 g/mol. The smallest absolute Gasteiger partial charge is 0.165 e. The molecule has 3 heterocycles. The second-order valence-corrected chi connectivity index (χ2v) is 7.28. The summed E-state index contributed by atoms with van der Waals surface area (Å²) in [4.78, 5) is 20.2. The molecule has 4 rings (SSSR count). The molecule has 0 bridgehead atoms. The van der Waals surface area contributed by atoms with Crippen molar-refractivity contribution in [2.24, 2.45) is 0 Å². The Bertz CT molecular complexity index is 949. The zero-order valence-corrected chi connectivity index (χ0v) is 16.0. The molecule has 2 N–H and O–H groups in total. The van der Waals surface area contributed by atoms with Crippen LogP contribution in [0.4, 0.5) is 11.6 Å². The largest absolute Gasteiger partial charge is 0.383 e. The van der Waals surface area contributed by atoms with Crippen LogP contribution >= 0.6 is 0 Å². The summed E-state index contributed by atoms with van der Waals surface area (Å²) in [6.07, 6.45) is 9.52. The fourth-order valence-corrected chi connectivity index (χ4v) is 4.04. The molecule has 1 aliphatic carbocycles. The van der Waals surface area contributed by atoms with E-state index >= 15 is 0 Å². The van der Waals surface area contributed by atoms with Crippen LogP contribution in [0.3, 0.4) is 0 Å². The van der Waals surface area contributed by atoms with Crippen LogP contribution in [-0.4, -0.2) is 33.5 Å². The van der Waals surface area contributed by atoms with Crippen molar-refractivity contribution in [3.63, 3.8) is 0 Å². The molecule has 0 aliphatic heterocycles. The normalized spacial score (nSPS) is 15.2. The monoisotopic (exact) mass is 362 g/mol. The Kier molecular flexibility index (Phi) is 4.88. The van der Waals surface area contributed by atoms with Gasteiger partial charge in [-0.25, -0.2) is 19.9 Å². The summed E-state index contributed by atoms with van der Waals surface area (Å²) in [5.41, 5.74) is 10.1. The fraction of sp³-hybridized carbons (Fsp3) is 0.429. The molecule has 0 amide bonds. The molecule has 6 heteroatoms. The minimum absolute atomic E-state index is 0.486. The lowest BCUT2D eigenvalue weighted by molar-refractivity contribution is 0.445. The molecule has 6 nitrogen and oxygen atoms in total. The van der Waals surface area contributed by atoms with E-state index in [1.807, 2.05) is 12.3 Å². The number of hydrogen-bond donors (Lipinski definition) is 1. The highest BCUT2D eigenvalue weighted by molar-refractivity contribution is 5.91. The van der Waals surface area contributed by atoms with Gasteiger partial charge in [-0.15, -0.1) is 0 Å². The molecule has 0 radical (unpaired) electrons. The average molecular weight is 362 g/mol. The van der Waals surface area contributed by atoms with Gasteiger partial charge in [0, 0.05) is 25.4 Å². The van der Waals surface area contributed by atoms with E-state index in [1.165, 1.54) is 44.0 Å². The van der Waals surface area contributed by atoms with E-state index in [4.69, 9.17) is 10.7 Å². The van der Waals surface area contributed by atoms with Crippen molar-refractivity contribution in [2.45, 2.75) is 44.9 Å². The predicted molar refractivity (Wildman–Crippen MR) is 110 cm³/mol. The third kappa shape index (κ3) is 3.31. The van der Waals surface area contributed by atoms with E-state index in [2.05, 4.69) is 46.0 Å². The molecule has 3 aromatic heterocycles. The molecule has 0 unspecified atom stereocenters. The standard InChI is InChI=1S/C21H26N6/c1-3-27(2)21-15(10-7-11-23-21)17-12-16(14-8-5-4-6-9-14)18-19(22)24-13-25-20(18)26-17/h7,10-14H,3-6,8-9H2,1-2H3,(H2,22,24,25,26). The van der Waals surface area contributed by atoms with Crippen LogP contribution in [0.2, 0.25) is 0 Å². The van der Waals surface area contributed by atoms with Gasteiger partial charge < -0.3 is 10.6 Å². The zero-order chi connectivity index (χ0) is 18.8. The van der Waals surface area contributed by atoms with Crippen molar-refractivity contribution in [3.05, 3.63) is 36.3 Å². The summed E-state index contributed by atoms with van der Waals surface area (Å²) in [6, 6.07) is 6.24. The number of fused-ring (bicyclic) bond motifs is 1. The Morgan fingerprint density at radius 2 is 1.96 bits per heavy atom. The van der Waals surface area contributed by atoms with E-state index in [-0.39, 0.29) is 0 Å². The maximum absolute atomic E-state index is 6.24. The van der Waals surface area contributed by atoms with Gasteiger partial charge in [0.05, 0.1) is 11.1 Å². The van der Waals surface area contributed by atoms with E-state index in [1.54, 1.807) is 0 Å². The molecule has 0 saturated heterocycles. The van der Waals surface area contributed by atoms with Gasteiger partial charge in [0.25, 0.3) is 0 Å². The van der Waals surface area contributed by atoms with Gasteiger partial charge in [-0.2, -0.15) is 0 Å². The molecule has 0 spiro atoms. The number of nitrogens with two attached hydrogens (primary N) is 1. The van der Waals surface area contributed by atoms with Crippen LogP contribution in [0.15, 0.2) is 30.7 Å². The third-order valence-corrected chi connectivity index (χ3v) is 5.61. The van der Waals surface area contributed by atoms with Gasteiger partial charge in [-0.3, -0.25) is 0 Å². The van der Waals surface area contributed by atoms with E-state index in [9.17, 15) is 0 Å². The molecule has 27 heavy (non-hydrogen) atoms. The minimum atomic E-state index is 0.486. The van der Waals surface area contributed by atoms with Gasteiger partial charge in [-0.05, 0) is 49.4 Å². The highest BCUT2D eigenvalue weighted by Gasteiger charge is 2.22. The van der Waals surface area contributed by atoms with Crippen molar-refractivity contribution in [3.8, 4) is 11.3 Å². The Hall–Kier alpha value is -2.76. The van der Waals surface area contributed by atoms with Crippen LogP contribution in [0.1, 0.15) is 50.5 Å². The number of rotatable bonds is 4. The molecule has 3 aromatic rings. The average Bonchev–Trinajstić information content (AvgIpc) is 2.73. The van der Waals surface area contributed by atoms with Crippen molar-refractivity contribution in [2.75, 3.05) is 24.2 Å². The number of hydrogen-bond acceptors (Lipinski definition) is 6. The van der Waals surface area contributed by atoms with Crippen LogP contribution < -0.4 is 10.6 Å². The van der Waals surface area contributed by atoms with Gasteiger partial charge in [0.2, 0.25) is 0 Å². The first kappa shape index (κ1) is 17.6. The minimum Gasteiger partial charge on any atom is -0.383 e. The zero-order valence-electron chi connectivity index (χ0n) is 16.0. The van der Waals surface area contributed by atoms with Crippen molar-refractivity contribution in [1.82, 2.24) is 19.9 Å². The summed E-state index contributed by atoms with van der Waals surface area (Å²) in [6.45, 7) is 3.00. The highest BCUT2D eigenvalue weighted by atomic mass is 15.2. The summed E-state index contributed by atoms with van der Waals surface area (Å²) < 4.78 is 0. The summed E-state index contributed by atoms with van der Waals surface area (Å²) in [7, 11) is 2.05. The van der Waals surface area contributed by atoms with E-state index < -0.39 is 0 Å². The van der Waals surface area contributed by atoms with Crippen molar-refractivity contribution < 1.29 is 0 Å². The second kappa shape index (κ2) is 7.47. The first-order valence-electron chi connectivity index (χ1n) is 9.76. The van der Waals surface area contributed by atoms with Crippen LogP contribution in [0.25, 0.3) is 22.3 Å². The topological polar surface area (TPSA) is 80.8 Å². The lowest BCUT2D eigenvalue weighted by atomic mass is 9.82. The van der Waals surface area contributed by atoms with Crippen LogP contribution in [-0.2, 0) is 0 Å². The molecule has 1 saturated carbocycles. The van der Waals surface area contributed by atoms with Crippen LogP contribution in [0, 0.1) is 0 Å². The van der Waals surface area contributed by atoms with E-state index in [0.29, 0.717) is 17.4 Å². The summed E-state index contributed by atoms with van der Waals surface area (Å²) in [5.74, 6) is 1.94. The quantitative estimate of drug-likeness (QED) is 0.750. The first-order valence-corrected chi connectivity index (χ1v) is 9.76. The third-order valence-electron chi connectivity index (χ3n) is 5.61. The van der Waals surface area contributed by atoms with Crippen molar-refractivity contribution >= 4 is 22.7 Å². The summed E-state index contributed by atoms with van der Waals surface area (Å²) >= 11 is 0. The number of nitrogen functional groups attached to an aromatic ring is 1. The van der Waals surface area contributed by atoms with Gasteiger partial charge in [-0.1, -0.05) is 19.3 Å². The lowest BCUT2D eigenvalue weighted by Gasteiger charge is -2.24. The second-order valence-electron chi connectivity index (χ2n) is 7.28. The molecule has 0 aromatic carbocycles. The number of nitrogens with zero attached hydrogens (tertiary/aromatic N) is 5. The Morgan fingerprint density at radius 1 is 1.15 bits per heavy atom. The highest BCUT2D eigenvalue weighted by Crippen LogP contribution is 2.39. The number of aromatic nitrogens is 4. The Morgan fingerprint density at radius 3 is 2.74 bits per heavy atom. The van der Waals surface area contributed by atoms with Gasteiger partial charge >= 0.3 is 0 Å². The molecule has 1 aliphatic rings. The van der Waals surface area contributed by atoms with Crippen molar-refractivity contribution in [1.29, 1.82) is 0 Å². The maximum Gasteiger partial charge on any atom is 0.165 e. The molecule has 0 atom stereocenters.